The first-order valence-corrected chi connectivity index (χ1v) is 9.27. The fourth-order valence-electron chi connectivity index (χ4n) is 2.58. The van der Waals surface area contributed by atoms with Crippen molar-refractivity contribution in [3.05, 3.63) is 42.2 Å². The SMILES string of the molecule is CCCCCCCCCC(=CCCCOC)Oc1ccccc1. The molecule has 0 aliphatic rings. The van der Waals surface area contributed by atoms with Crippen LogP contribution in [0, 0.1) is 0 Å². The van der Waals surface area contributed by atoms with Crippen LogP contribution in [0.25, 0.3) is 0 Å². The Morgan fingerprint density at radius 3 is 2.30 bits per heavy atom. The van der Waals surface area contributed by atoms with Gasteiger partial charge in [0, 0.05) is 20.1 Å². The van der Waals surface area contributed by atoms with E-state index in [1.807, 2.05) is 30.3 Å². The minimum absolute atomic E-state index is 0.812. The summed E-state index contributed by atoms with van der Waals surface area (Å²) in [6.07, 6.45) is 14.7. The van der Waals surface area contributed by atoms with Gasteiger partial charge in [0.15, 0.2) is 0 Å². The van der Waals surface area contributed by atoms with E-state index in [1.165, 1.54) is 44.9 Å². The first kappa shape index (κ1) is 19.8. The van der Waals surface area contributed by atoms with Crippen LogP contribution in [-0.2, 0) is 4.74 Å². The predicted molar refractivity (Wildman–Crippen MR) is 98.9 cm³/mol. The molecule has 2 heteroatoms. The second-order valence-corrected chi connectivity index (χ2v) is 6.09. The van der Waals surface area contributed by atoms with Crippen molar-refractivity contribution in [2.75, 3.05) is 13.7 Å². The maximum Gasteiger partial charge on any atom is 0.126 e. The summed E-state index contributed by atoms with van der Waals surface area (Å²) < 4.78 is 11.2. The summed E-state index contributed by atoms with van der Waals surface area (Å²) >= 11 is 0. The maximum atomic E-state index is 6.06. The maximum absolute atomic E-state index is 6.06. The zero-order valence-electron chi connectivity index (χ0n) is 15.1. The van der Waals surface area contributed by atoms with Gasteiger partial charge < -0.3 is 9.47 Å². The van der Waals surface area contributed by atoms with Gasteiger partial charge in [-0.15, -0.1) is 0 Å². The molecule has 0 unspecified atom stereocenters. The molecule has 0 amide bonds. The molecule has 130 valence electrons. The van der Waals surface area contributed by atoms with E-state index in [1.54, 1.807) is 7.11 Å². The molecule has 0 aliphatic carbocycles. The molecule has 2 nitrogen and oxygen atoms in total. The van der Waals surface area contributed by atoms with E-state index in [2.05, 4.69) is 13.0 Å². The molecule has 0 fully saturated rings. The Morgan fingerprint density at radius 1 is 0.913 bits per heavy atom. The molecule has 0 saturated heterocycles. The van der Waals surface area contributed by atoms with Gasteiger partial charge in [0.1, 0.15) is 11.5 Å². The fourth-order valence-corrected chi connectivity index (χ4v) is 2.58. The standard InChI is InChI=1S/C21H34O2/c1-3-4-5-6-7-8-10-15-21(18-13-14-19-22-2)23-20-16-11-9-12-17-20/h9,11-12,16-18H,3-8,10,13-15,19H2,1-2H3. The molecule has 0 spiro atoms. The topological polar surface area (TPSA) is 18.5 Å². The molecular weight excluding hydrogens is 284 g/mol. The van der Waals surface area contributed by atoms with Crippen LogP contribution in [0.4, 0.5) is 0 Å². The zero-order chi connectivity index (χ0) is 16.6. The van der Waals surface area contributed by atoms with Gasteiger partial charge >= 0.3 is 0 Å². The van der Waals surface area contributed by atoms with Crippen molar-refractivity contribution < 1.29 is 9.47 Å². The van der Waals surface area contributed by atoms with Crippen LogP contribution < -0.4 is 4.74 Å². The molecule has 0 saturated carbocycles. The number of rotatable bonds is 14. The van der Waals surface area contributed by atoms with Crippen LogP contribution in [0.15, 0.2) is 42.2 Å². The Bertz CT molecular complexity index is 398. The van der Waals surface area contributed by atoms with Crippen LogP contribution >= 0.6 is 0 Å². The van der Waals surface area contributed by atoms with Crippen molar-refractivity contribution in [2.24, 2.45) is 0 Å². The quantitative estimate of drug-likeness (QED) is 0.287. The molecular formula is C21H34O2. The first-order valence-electron chi connectivity index (χ1n) is 9.27. The third-order valence-corrected chi connectivity index (χ3v) is 3.94. The summed E-state index contributed by atoms with van der Waals surface area (Å²) in [7, 11) is 1.75. The summed E-state index contributed by atoms with van der Waals surface area (Å²) in [5.41, 5.74) is 0. The number of unbranched alkanes of at least 4 members (excludes halogenated alkanes) is 7. The largest absolute Gasteiger partial charge is 0.462 e. The lowest BCUT2D eigenvalue weighted by atomic mass is 10.1. The second kappa shape index (κ2) is 14.3. The van der Waals surface area contributed by atoms with Crippen molar-refractivity contribution in [3.8, 4) is 5.75 Å². The molecule has 0 atom stereocenters. The number of hydrogen-bond acceptors (Lipinski definition) is 2. The lowest BCUT2D eigenvalue weighted by Crippen LogP contribution is -1.97. The Hall–Kier alpha value is -1.28. The molecule has 23 heavy (non-hydrogen) atoms. The summed E-state index contributed by atoms with van der Waals surface area (Å²) in [6, 6.07) is 10.1. The molecule has 0 radical (unpaired) electrons. The Morgan fingerprint density at radius 2 is 1.61 bits per heavy atom. The van der Waals surface area contributed by atoms with Crippen LogP contribution in [0.3, 0.4) is 0 Å². The summed E-state index contributed by atoms with van der Waals surface area (Å²) in [6.45, 7) is 3.08. The molecule has 0 heterocycles. The van der Waals surface area contributed by atoms with E-state index in [0.717, 1.165) is 37.4 Å². The lowest BCUT2D eigenvalue weighted by Gasteiger charge is -2.11. The Balaban J connectivity index is 2.32. The van der Waals surface area contributed by atoms with E-state index >= 15 is 0 Å². The van der Waals surface area contributed by atoms with Gasteiger partial charge in [0.25, 0.3) is 0 Å². The minimum atomic E-state index is 0.812. The highest BCUT2D eigenvalue weighted by atomic mass is 16.5. The van der Waals surface area contributed by atoms with Crippen molar-refractivity contribution >= 4 is 0 Å². The molecule has 0 aliphatic heterocycles. The van der Waals surface area contributed by atoms with Gasteiger partial charge in [0.05, 0.1) is 0 Å². The van der Waals surface area contributed by atoms with Crippen LogP contribution in [0.1, 0.15) is 71.1 Å². The Kier molecular flexibility index (Phi) is 12.3. The summed E-state index contributed by atoms with van der Waals surface area (Å²) in [5, 5.41) is 0. The Labute approximate surface area is 142 Å². The van der Waals surface area contributed by atoms with Gasteiger partial charge in [-0.3, -0.25) is 0 Å². The third kappa shape index (κ3) is 11.0. The molecule has 1 aromatic carbocycles. The molecule has 0 bridgehead atoms. The normalized spacial score (nSPS) is 11.7. The predicted octanol–water partition coefficient (Wildman–Crippen LogP) is 6.52. The van der Waals surface area contributed by atoms with Crippen LogP contribution in [-0.4, -0.2) is 13.7 Å². The monoisotopic (exact) mass is 318 g/mol. The number of ether oxygens (including phenoxy) is 2. The minimum Gasteiger partial charge on any atom is -0.462 e. The van der Waals surface area contributed by atoms with E-state index in [0.29, 0.717) is 0 Å². The third-order valence-electron chi connectivity index (χ3n) is 3.94. The number of hydrogen-bond donors (Lipinski definition) is 0. The van der Waals surface area contributed by atoms with Crippen molar-refractivity contribution in [3.63, 3.8) is 0 Å². The average molecular weight is 319 g/mol. The van der Waals surface area contributed by atoms with E-state index in [4.69, 9.17) is 9.47 Å². The number of methoxy groups -OCH3 is 1. The highest BCUT2D eigenvalue weighted by Crippen LogP contribution is 2.19. The number of allylic oxidation sites excluding steroid dienone is 2. The molecule has 0 N–H and O–H groups in total. The first-order chi connectivity index (χ1) is 11.4. The highest BCUT2D eigenvalue weighted by Gasteiger charge is 2.01. The summed E-state index contributed by atoms with van der Waals surface area (Å²) in [4.78, 5) is 0. The van der Waals surface area contributed by atoms with E-state index in [9.17, 15) is 0 Å². The number of benzene rings is 1. The molecule has 0 aromatic heterocycles. The van der Waals surface area contributed by atoms with E-state index < -0.39 is 0 Å². The van der Waals surface area contributed by atoms with Gasteiger partial charge in [-0.1, -0.05) is 63.6 Å². The second-order valence-electron chi connectivity index (χ2n) is 6.09. The van der Waals surface area contributed by atoms with Gasteiger partial charge in [-0.2, -0.15) is 0 Å². The number of para-hydroxylation sites is 1. The summed E-state index contributed by atoms with van der Waals surface area (Å²) in [5.74, 6) is 2.05. The van der Waals surface area contributed by atoms with Gasteiger partial charge in [-0.05, 0) is 37.5 Å². The average Bonchev–Trinajstić information content (AvgIpc) is 2.58. The van der Waals surface area contributed by atoms with Crippen molar-refractivity contribution in [1.82, 2.24) is 0 Å². The van der Waals surface area contributed by atoms with Gasteiger partial charge in [-0.25, -0.2) is 0 Å². The molecule has 1 aromatic rings. The highest BCUT2D eigenvalue weighted by molar-refractivity contribution is 5.23. The molecule has 1 rings (SSSR count). The zero-order valence-corrected chi connectivity index (χ0v) is 15.1. The van der Waals surface area contributed by atoms with Gasteiger partial charge in [0.2, 0.25) is 0 Å². The van der Waals surface area contributed by atoms with Crippen LogP contribution in [0.2, 0.25) is 0 Å². The van der Waals surface area contributed by atoms with Crippen molar-refractivity contribution in [2.45, 2.75) is 71.1 Å². The van der Waals surface area contributed by atoms with Crippen LogP contribution in [0.5, 0.6) is 5.75 Å². The fraction of sp³-hybridized carbons (Fsp3) is 0.619. The lowest BCUT2D eigenvalue weighted by molar-refractivity contribution is 0.195. The smallest absolute Gasteiger partial charge is 0.126 e. The van der Waals surface area contributed by atoms with E-state index in [-0.39, 0.29) is 0 Å². The van der Waals surface area contributed by atoms with Crippen molar-refractivity contribution in [1.29, 1.82) is 0 Å².